The molecular weight excluding hydrogens is 330 g/mol. The lowest BCUT2D eigenvalue weighted by atomic mass is 10.00. The molecule has 0 bridgehead atoms. The van der Waals surface area contributed by atoms with Crippen LogP contribution in [0.3, 0.4) is 0 Å². The van der Waals surface area contributed by atoms with Crippen LogP contribution in [0.15, 0.2) is 12.2 Å². The number of hydrogen-bond donors (Lipinski definition) is 2. The number of carboxylic acids is 1. The van der Waals surface area contributed by atoms with Crippen LogP contribution in [0.1, 0.15) is 71.6 Å². The molecule has 1 saturated heterocycles. The van der Waals surface area contributed by atoms with Crippen molar-refractivity contribution >= 4 is 11.9 Å². The summed E-state index contributed by atoms with van der Waals surface area (Å²) < 4.78 is 0. The molecule has 2 N–H and O–H groups in total. The third kappa shape index (κ3) is 8.53. The lowest BCUT2D eigenvalue weighted by Gasteiger charge is -2.23. The van der Waals surface area contributed by atoms with Crippen LogP contribution < -0.4 is 0 Å². The summed E-state index contributed by atoms with van der Waals surface area (Å²) in [6, 6.07) is 0.0603. The van der Waals surface area contributed by atoms with Gasteiger partial charge in [0.1, 0.15) is 0 Å². The Morgan fingerprint density at radius 2 is 2.04 bits per heavy atom. The van der Waals surface area contributed by atoms with E-state index >= 15 is 0 Å². The van der Waals surface area contributed by atoms with Gasteiger partial charge in [0, 0.05) is 32.2 Å². The molecule has 5 heteroatoms. The van der Waals surface area contributed by atoms with Crippen LogP contribution in [0.5, 0.6) is 0 Å². The predicted octanol–water partition coefficient (Wildman–Crippen LogP) is 3.37. The minimum Gasteiger partial charge on any atom is -0.481 e. The smallest absolute Gasteiger partial charge is 0.303 e. The van der Waals surface area contributed by atoms with E-state index in [-0.39, 0.29) is 24.3 Å². The minimum atomic E-state index is -0.751. The fraction of sp³-hybridized carbons (Fsp3) is 0.714. The van der Waals surface area contributed by atoms with Crippen LogP contribution in [0.4, 0.5) is 0 Å². The van der Waals surface area contributed by atoms with Gasteiger partial charge in [-0.3, -0.25) is 9.59 Å². The zero-order chi connectivity index (χ0) is 19.4. The Balaban J connectivity index is 2.39. The summed E-state index contributed by atoms with van der Waals surface area (Å²) in [4.78, 5) is 24.5. The van der Waals surface area contributed by atoms with Gasteiger partial charge in [-0.25, -0.2) is 0 Å². The summed E-state index contributed by atoms with van der Waals surface area (Å²) in [6.07, 6.45) is 9.68. The monoisotopic (exact) mass is 363 g/mol. The van der Waals surface area contributed by atoms with E-state index in [4.69, 9.17) is 5.11 Å². The van der Waals surface area contributed by atoms with Crippen molar-refractivity contribution < 1.29 is 19.8 Å². The largest absolute Gasteiger partial charge is 0.481 e. The molecular formula is C21H33NO4. The summed E-state index contributed by atoms with van der Waals surface area (Å²) in [6.45, 7) is 4.69. The van der Waals surface area contributed by atoms with Gasteiger partial charge in [0.05, 0.1) is 12.1 Å². The second-order valence-corrected chi connectivity index (χ2v) is 7.02. The first-order valence-electron chi connectivity index (χ1n) is 9.79. The number of aliphatic hydroxyl groups is 1. The molecule has 3 unspecified atom stereocenters. The highest BCUT2D eigenvalue weighted by Crippen LogP contribution is 2.21. The number of rotatable bonds is 11. The van der Waals surface area contributed by atoms with Crippen LogP contribution in [0.25, 0.3) is 0 Å². The second kappa shape index (κ2) is 12.5. The van der Waals surface area contributed by atoms with Crippen LogP contribution >= 0.6 is 0 Å². The van der Waals surface area contributed by atoms with Crippen molar-refractivity contribution in [3.05, 3.63) is 12.2 Å². The van der Waals surface area contributed by atoms with Crippen LogP contribution in [-0.2, 0) is 9.59 Å². The number of likely N-dealkylation sites (tertiary alicyclic amines) is 1. The van der Waals surface area contributed by atoms with Crippen molar-refractivity contribution in [1.29, 1.82) is 0 Å². The van der Waals surface area contributed by atoms with Crippen molar-refractivity contribution in [2.45, 2.75) is 83.8 Å². The van der Waals surface area contributed by atoms with E-state index in [1.165, 1.54) is 0 Å². The second-order valence-electron chi connectivity index (χ2n) is 7.02. The Morgan fingerprint density at radius 1 is 1.31 bits per heavy atom. The number of aliphatic hydroxyl groups excluding tert-OH is 1. The van der Waals surface area contributed by atoms with E-state index < -0.39 is 12.1 Å². The maximum Gasteiger partial charge on any atom is 0.303 e. The summed E-state index contributed by atoms with van der Waals surface area (Å²) in [5, 5.41) is 18.9. The zero-order valence-corrected chi connectivity index (χ0v) is 16.1. The minimum absolute atomic E-state index is 0.0603. The molecule has 0 radical (unpaired) electrons. The van der Waals surface area contributed by atoms with Gasteiger partial charge >= 0.3 is 5.97 Å². The molecule has 1 rings (SSSR count). The first kappa shape index (κ1) is 22.2. The summed E-state index contributed by atoms with van der Waals surface area (Å²) >= 11 is 0. The van der Waals surface area contributed by atoms with Crippen molar-refractivity contribution in [1.82, 2.24) is 4.90 Å². The summed E-state index contributed by atoms with van der Waals surface area (Å²) in [5.74, 6) is 5.57. The van der Waals surface area contributed by atoms with E-state index in [2.05, 4.69) is 11.8 Å². The van der Waals surface area contributed by atoms with Gasteiger partial charge < -0.3 is 15.1 Å². The highest BCUT2D eigenvalue weighted by molar-refractivity contribution is 5.79. The number of carbonyl (C=O) groups is 2. The van der Waals surface area contributed by atoms with E-state index in [0.29, 0.717) is 25.8 Å². The molecule has 1 aliphatic heterocycles. The Bertz CT molecular complexity index is 532. The number of hydrogen-bond acceptors (Lipinski definition) is 3. The van der Waals surface area contributed by atoms with E-state index in [1.807, 2.05) is 24.8 Å². The number of nitrogens with zero attached hydrogens (tertiary/aromatic N) is 1. The Morgan fingerprint density at radius 3 is 2.73 bits per heavy atom. The van der Waals surface area contributed by atoms with Gasteiger partial charge in [-0.15, -0.1) is 11.8 Å². The summed E-state index contributed by atoms with van der Waals surface area (Å²) in [7, 11) is 0. The molecule has 1 amide bonds. The highest BCUT2D eigenvalue weighted by atomic mass is 16.4. The van der Waals surface area contributed by atoms with E-state index in [1.54, 1.807) is 6.08 Å². The lowest BCUT2D eigenvalue weighted by molar-refractivity contribution is -0.137. The fourth-order valence-electron chi connectivity index (χ4n) is 3.07. The molecule has 1 fully saturated rings. The highest BCUT2D eigenvalue weighted by Gasteiger charge is 2.28. The van der Waals surface area contributed by atoms with Crippen LogP contribution in [0.2, 0.25) is 0 Å². The predicted molar refractivity (Wildman–Crippen MR) is 102 cm³/mol. The zero-order valence-electron chi connectivity index (χ0n) is 16.1. The molecule has 5 nitrogen and oxygen atoms in total. The number of carboxylic acid groups (broad SMARTS) is 1. The van der Waals surface area contributed by atoms with Crippen molar-refractivity contribution in [2.24, 2.45) is 5.92 Å². The topological polar surface area (TPSA) is 77.8 Å². The quantitative estimate of drug-likeness (QED) is 0.335. The molecule has 26 heavy (non-hydrogen) atoms. The number of aliphatic carboxylic acids is 1. The van der Waals surface area contributed by atoms with Gasteiger partial charge in [-0.05, 0) is 25.2 Å². The lowest BCUT2D eigenvalue weighted by Crippen LogP contribution is -2.33. The van der Waals surface area contributed by atoms with Crippen molar-refractivity contribution in [2.75, 3.05) is 6.54 Å². The maximum absolute atomic E-state index is 12.1. The molecule has 0 aromatic carbocycles. The van der Waals surface area contributed by atoms with Crippen molar-refractivity contribution in [3.8, 4) is 11.8 Å². The number of unbranched alkanes of at least 4 members (excludes halogenated alkanes) is 3. The van der Waals surface area contributed by atoms with E-state index in [9.17, 15) is 14.7 Å². The Hall–Kier alpha value is -1.80. The Labute approximate surface area is 157 Å². The van der Waals surface area contributed by atoms with Crippen molar-refractivity contribution in [3.63, 3.8) is 0 Å². The average molecular weight is 363 g/mol. The normalized spacial score (nSPS) is 19.4. The maximum atomic E-state index is 12.1. The first-order chi connectivity index (χ1) is 12.5. The fourth-order valence-corrected chi connectivity index (χ4v) is 3.07. The molecule has 0 saturated carbocycles. The number of amides is 1. The molecule has 3 atom stereocenters. The van der Waals surface area contributed by atoms with Gasteiger partial charge in [0.2, 0.25) is 5.91 Å². The van der Waals surface area contributed by atoms with E-state index in [0.717, 1.165) is 32.1 Å². The van der Waals surface area contributed by atoms with Crippen LogP contribution in [0, 0.1) is 17.8 Å². The molecule has 0 aliphatic carbocycles. The molecule has 146 valence electrons. The third-order valence-electron chi connectivity index (χ3n) is 4.75. The average Bonchev–Trinajstić information content (AvgIpc) is 2.95. The number of carbonyl (C=O) groups excluding carboxylic acids is 1. The Kier molecular flexibility index (Phi) is 10.7. The summed E-state index contributed by atoms with van der Waals surface area (Å²) in [5.41, 5.74) is 0. The van der Waals surface area contributed by atoms with Gasteiger partial charge in [-0.2, -0.15) is 0 Å². The van der Waals surface area contributed by atoms with Crippen LogP contribution in [-0.4, -0.2) is 45.7 Å². The standard InChI is InChI=1S/C21H33NO4/c1-3-4-7-10-17(2)19(23)14-12-18-13-15-20(24)22(18)16-9-6-5-8-11-21(25)26/h12,14,17-19,23H,3,5-6,8-11,13,15-16H2,1-2H3,(H,25,26)/b14-12+. The molecule has 1 heterocycles. The third-order valence-corrected chi connectivity index (χ3v) is 4.75. The molecule has 0 spiro atoms. The van der Waals surface area contributed by atoms with Gasteiger partial charge in [0.25, 0.3) is 0 Å². The molecule has 0 aromatic heterocycles. The first-order valence-corrected chi connectivity index (χ1v) is 9.79. The van der Waals surface area contributed by atoms with Gasteiger partial charge in [0.15, 0.2) is 0 Å². The molecule has 1 aliphatic rings. The van der Waals surface area contributed by atoms with Gasteiger partial charge in [-0.1, -0.05) is 38.8 Å². The SMILES string of the molecule is CCC#CCC(C)C(O)/C=C/C1CCC(=O)N1CCCCCCC(=O)O. The molecule has 0 aromatic rings.